The van der Waals surface area contributed by atoms with Crippen molar-refractivity contribution in [3.63, 3.8) is 0 Å². The highest BCUT2D eigenvalue weighted by Gasteiger charge is 2.08. The van der Waals surface area contributed by atoms with Gasteiger partial charge in [-0.25, -0.2) is 9.50 Å². The van der Waals surface area contributed by atoms with Gasteiger partial charge in [-0.05, 0) is 24.3 Å². The number of anilines is 1. The number of nitrogen functional groups attached to an aromatic ring is 1. The fourth-order valence-corrected chi connectivity index (χ4v) is 2.32. The number of benzene rings is 1. The summed E-state index contributed by atoms with van der Waals surface area (Å²) in [5.74, 6) is 0.262. The first-order chi connectivity index (χ1) is 9.81. The number of nitrogens with zero attached hydrogens (tertiary/aromatic N) is 4. The van der Waals surface area contributed by atoms with E-state index in [4.69, 9.17) is 5.73 Å². The zero-order valence-electron chi connectivity index (χ0n) is 10.6. The second-order valence-electron chi connectivity index (χ2n) is 4.54. The van der Waals surface area contributed by atoms with Crippen LogP contribution in [-0.4, -0.2) is 19.6 Å². The third-order valence-corrected chi connectivity index (χ3v) is 3.24. The SMILES string of the molecule is Nc1nc2cccc(-c3ccc4ccccc4n3)n2n1. The van der Waals surface area contributed by atoms with E-state index in [0.717, 1.165) is 27.9 Å². The first-order valence-corrected chi connectivity index (χ1v) is 6.29. The number of aromatic nitrogens is 4. The normalized spacial score (nSPS) is 11.2. The van der Waals surface area contributed by atoms with Crippen LogP contribution >= 0.6 is 0 Å². The zero-order valence-corrected chi connectivity index (χ0v) is 10.6. The molecule has 0 radical (unpaired) electrons. The van der Waals surface area contributed by atoms with Gasteiger partial charge in [0, 0.05) is 5.39 Å². The summed E-state index contributed by atoms with van der Waals surface area (Å²) in [7, 11) is 0. The minimum Gasteiger partial charge on any atom is -0.366 e. The Morgan fingerprint density at radius 3 is 2.70 bits per heavy atom. The van der Waals surface area contributed by atoms with Gasteiger partial charge in [0.1, 0.15) is 0 Å². The van der Waals surface area contributed by atoms with E-state index in [-0.39, 0.29) is 5.95 Å². The number of nitrogens with two attached hydrogens (primary N) is 1. The van der Waals surface area contributed by atoms with Crippen LogP contribution in [0.4, 0.5) is 5.95 Å². The smallest absolute Gasteiger partial charge is 0.240 e. The third kappa shape index (κ3) is 1.60. The van der Waals surface area contributed by atoms with E-state index in [1.165, 1.54) is 0 Å². The Balaban J connectivity index is 2.00. The summed E-state index contributed by atoms with van der Waals surface area (Å²) in [5, 5.41) is 5.33. The molecule has 0 aliphatic carbocycles. The quantitative estimate of drug-likeness (QED) is 0.571. The van der Waals surface area contributed by atoms with Crippen molar-refractivity contribution in [2.24, 2.45) is 0 Å². The van der Waals surface area contributed by atoms with Crippen LogP contribution in [0.25, 0.3) is 27.9 Å². The Morgan fingerprint density at radius 2 is 1.75 bits per heavy atom. The monoisotopic (exact) mass is 261 g/mol. The molecule has 0 saturated heterocycles. The Hall–Kier alpha value is -2.95. The molecule has 0 saturated carbocycles. The summed E-state index contributed by atoms with van der Waals surface area (Å²) in [5.41, 5.74) is 9.06. The molecule has 0 unspecified atom stereocenters. The van der Waals surface area contributed by atoms with Crippen LogP contribution in [0.2, 0.25) is 0 Å². The molecule has 1 aromatic carbocycles. The van der Waals surface area contributed by atoms with Crippen molar-refractivity contribution in [2.45, 2.75) is 0 Å². The molecule has 0 aliphatic heterocycles. The molecule has 2 N–H and O–H groups in total. The van der Waals surface area contributed by atoms with Crippen LogP contribution in [0.5, 0.6) is 0 Å². The molecule has 20 heavy (non-hydrogen) atoms. The number of fused-ring (bicyclic) bond motifs is 2. The van der Waals surface area contributed by atoms with Gasteiger partial charge in [-0.2, -0.15) is 4.98 Å². The fourth-order valence-electron chi connectivity index (χ4n) is 2.32. The molecular formula is C15H11N5. The largest absolute Gasteiger partial charge is 0.366 e. The standard InChI is InChI=1S/C15H11N5/c16-15-18-14-7-3-6-13(20(14)19-15)12-9-8-10-4-1-2-5-11(10)17-12/h1-9H,(H2,16,19). The highest BCUT2D eigenvalue weighted by Crippen LogP contribution is 2.21. The maximum atomic E-state index is 5.66. The van der Waals surface area contributed by atoms with Gasteiger partial charge in [-0.15, -0.1) is 5.10 Å². The van der Waals surface area contributed by atoms with Crippen LogP contribution < -0.4 is 5.73 Å². The van der Waals surface area contributed by atoms with Crippen LogP contribution in [0, 0.1) is 0 Å². The first kappa shape index (κ1) is 10.9. The Bertz CT molecular complexity index is 926. The molecule has 4 rings (SSSR count). The molecule has 3 heterocycles. The number of para-hydroxylation sites is 1. The van der Waals surface area contributed by atoms with Crippen LogP contribution in [0.1, 0.15) is 0 Å². The highest BCUT2D eigenvalue weighted by molar-refractivity contribution is 5.81. The number of hydrogen-bond acceptors (Lipinski definition) is 4. The van der Waals surface area contributed by atoms with Gasteiger partial charge >= 0.3 is 0 Å². The van der Waals surface area contributed by atoms with Gasteiger partial charge in [-0.1, -0.05) is 30.3 Å². The summed E-state index contributed by atoms with van der Waals surface area (Å²) in [6.07, 6.45) is 0. The number of hydrogen-bond donors (Lipinski definition) is 1. The van der Waals surface area contributed by atoms with E-state index in [2.05, 4.69) is 21.1 Å². The summed E-state index contributed by atoms with van der Waals surface area (Å²) in [6, 6.07) is 17.8. The second kappa shape index (κ2) is 4.03. The lowest BCUT2D eigenvalue weighted by Gasteiger charge is -2.04. The molecule has 3 aromatic heterocycles. The van der Waals surface area contributed by atoms with E-state index in [9.17, 15) is 0 Å². The topological polar surface area (TPSA) is 69.1 Å². The molecule has 0 spiro atoms. The van der Waals surface area contributed by atoms with Gasteiger partial charge in [-0.3, -0.25) is 0 Å². The van der Waals surface area contributed by atoms with E-state index in [1.807, 2.05) is 48.5 Å². The Kier molecular flexibility index (Phi) is 2.20. The average molecular weight is 261 g/mol. The summed E-state index contributed by atoms with van der Waals surface area (Å²) < 4.78 is 1.71. The maximum Gasteiger partial charge on any atom is 0.240 e. The van der Waals surface area contributed by atoms with E-state index < -0.39 is 0 Å². The second-order valence-corrected chi connectivity index (χ2v) is 4.54. The van der Waals surface area contributed by atoms with Gasteiger partial charge in [0.05, 0.1) is 16.9 Å². The van der Waals surface area contributed by atoms with Crippen molar-refractivity contribution in [1.82, 2.24) is 19.6 Å². The number of pyridine rings is 2. The Morgan fingerprint density at radius 1 is 0.850 bits per heavy atom. The van der Waals surface area contributed by atoms with Crippen LogP contribution in [0.3, 0.4) is 0 Å². The molecule has 0 atom stereocenters. The molecule has 5 nitrogen and oxygen atoms in total. The van der Waals surface area contributed by atoms with Gasteiger partial charge in [0.15, 0.2) is 5.65 Å². The van der Waals surface area contributed by atoms with Crippen molar-refractivity contribution < 1.29 is 0 Å². The van der Waals surface area contributed by atoms with Gasteiger partial charge < -0.3 is 5.73 Å². The van der Waals surface area contributed by atoms with Crippen LogP contribution in [0.15, 0.2) is 54.6 Å². The number of rotatable bonds is 1. The minimum atomic E-state index is 0.262. The third-order valence-electron chi connectivity index (χ3n) is 3.24. The summed E-state index contributed by atoms with van der Waals surface area (Å²) in [4.78, 5) is 8.84. The summed E-state index contributed by atoms with van der Waals surface area (Å²) >= 11 is 0. The predicted octanol–water partition coefficient (Wildman–Crippen LogP) is 2.53. The van der Waals surface area contributed by atoms with E-state index >= 15 is 0 Å². The van der Waals surface area contributed by atoms with Crippen molar-refractivity contribution in [1.29, 1.82) is 0 Å². The molecule has 0 aliphatic rings. The molecule has 96 valence electrons. The Labute approximate surface area is 114 Å². The molecule has 0 amide bonds. The van der Waals surface area contributed by atoms with E-state index in [0.29, 0.717) is 0 Å². The highest BCUT2D eigenvalue weighted by atomic mass is 15.3. The molecular weight excluding hydrogens is 250 g/mol. The maximum absolute atomic E-state index is 5.66. The van der Waals surface area contributed by atoms with Crippen molar-refractivity contribution >= 4 is 22.5 Å². The predicted molar refractivity (Wildman–Crippen MR) is 78.1 cm³/mol. The minimum absolute atomic E-state index is 0.262. The lowest BCUT2D eigenvalue weighted by molar-refractivity contribution is 0.971. The van der Waals surface area contributed by atoms with Gasteiger partial charge in [0.2, 0.25) is 5.95 Å². The van der Waals surface area contributed by atoms with Gasteiger partial charge in [0.25, 0.3) is 0 Å². The molecule has 4 aromatic rings. The fraction of sp³-hybridized carbons (Fsp3) is 0. The van der Waals surface area contributed by atoms with E-state index in [1.54, 1.807) is 4.52 Å². The molecule has 5 heteroatoms. The lowest BCUT2D eigenvalue weighted by Crippen LogP contribution is -1.96. The van der Waals surface area contributed by atoms with Crippen molar-refractivity contribution in [3.05, 3.63) is 54.6 Å². The van der Waals surface area contributed by atoms with Crippen LogP contribution in [-0.2, 0) is 0 Å². The average Bonchev–Trinajstić information content (AvgIpc) is 2.86. The zero-order chi connectivity index (χ0) is 13.5. The molecule has 0 bridgehead atoms. The van der Waals surface area contributed by atoms with Crippen molar-refractivity contribution in [3.8, 4) is 11.4 Å². The summed E-state index contributed by atoms with van der Waals surface area (Å²) in [6.45, 7) is 0. The lowest BCUT2D eigenvalue weighted by atomic mass is 10.1. The van der Waals surface area contributed by atoms with Crippen molar-refractivity contribution in [2.75, 3.05) is 5.73 Å². The first-order valence-electron chi connectivity index (χ1n) is 6.29. The molecule has 0 fully saturated rings.